The first-order valence-corrected chi connectivity index (χ1v) is 14.0. The zero-order chi connectivity index (χ0) is 28.6. The summed E-state index contributed by atoms with van der Waals surface area (Å²) < 4.78 is 12.2. The molecule has 0 spiro atoms. The number of hydrogen-bond acceptors (Lipinski definition) is 7. The Kier molecular flexibility index (Phi) is 7.79. The number of aryl methyl sites for hydroxylation is 1. The van der Waals surface area contributed by atoms with Crippen LogP contribution in [0.5, 0.6) is 0 Å². The second-order valence-corrected chi connectivity index (χ2v) is 12.0. The van der Waals surface area contributed by atoms with E-state index in [1.165, 1.54) is 11.3 Å². The Labute approximate surface area is 242 Å². The minimum absolute atomic E-state index is 0.392. The molecule has 1 aliphatic heterocycles. The summed E-state index contributed by atoms with van der Waals surface area (Å²) in [6.07, 6.45) is 2.12. The molecule has 0 fully saturated rings. The predicted molar refractivity (Wildman–Crippen MR) is 162 cm³/mol. The van der Waals surface area contributed by atoms with Crippen molar-refractivity contribution in [3.63, 3.8) is 0 Å². The molecule has 0 aliphatic carbocycles. The Morgan fingerprint density at radius 1 is 1.10 bits per heavy atom. The molecule has 1 aromatic heterocycles. The quantitative estimate of drug-likeness (QED) is 0.237. The van der Waals surface area contributed by atoms with Crippen LogP contribution in [0, 0.1) is 6.92 Å². The molecule has 7 nitrogen and oxygen atoms in total. The molecule has 2 heterocycles. The molecular weight excluding hydrogens is 546 g/mol. The first kappa shape index (κ1) is 28.0. The van der Waals surface area contributed by atoms with Crippen LogP contribution >= 0.6 is 22.9 Å². The summed E-state index contributed by atoms with van der Waals surface area (Å²) in [4.78, 5) is 21.9. The van der Waals surface area contributed by atoms with E-state index in [0.717, 1.165) is 48.6 Å². The van der Waals surface area contributed by atoms with Gasteiger partial charge in [-0.25, -0.2) is 14.8 Å². The molecule has 5 rings (SSSR count). The second-order valence-electron chi connectivity index (χ2n) is 10.5. The lowest BCUT2D eigenvalue weighted by atomic mass is 9.91. The molecule has 206 valence electrons. The third-order valence-corrected chi connectivity index (χ3v) is 7.80. The number of carbonyl (C=O) groups is 1. The Morgan fingerprint density at radius 2 is 1.82 bits per heavy atom. The van der Waals surface area contributed by atoms with Crippen LogP contribution in [0.4, 0.5) is 0 Å². The van der Waals surface area contributed by atoms with Crippen LogP contribution in [0.2, 0.25) is 5.02 Å². The molecule has 0 saturated heterocycles. The number of aliphatic carboxylic acids is 1. The number of ether oxygens (including phenoxy) is 2. The maximum absolute atomic E-state index is 12.6. The number of rotatable bonds is 7. The monoisotopic (exact) mass is 575 g/mol. The first-order valence-electron chi connectivity index (χ1n) is 12.8. The Morgan fingerprint density at radius 3 is 2.45 bits per heavy atom. The van der Waals surface area contributed by atoms with E-state index in [9.17, 15) is 9.90 Å². The molecule has 2 atom stereocenters. The van der Waals surface area contributed by atoms with Gasteiger partial charge in [0.05, 0.1) is 15.8 Å². The number of methoxy groups -OCH3 is 1. The van der Waals surface area contributed by atoms with Crippen molar-refractivity contribution in [2.75, 3.05) is 7.11 Å². The summed E-state index contributed by atoms with van der Waals surface area (Å²) >= 11 is 7.74. The normalized spacial score (nSPS) is 16.1. The van der Waals surface area contributed by atoms with E-state index >= 15 is 0 Å². The summed E-state index contributed by atoms with van der Waals surface area (Å²) in [5.74, 6) is -1.04. The highest BCUT2D eigenvalue weighted by Crippen LogP contribution is 2.44. The smallest absolute Gasteiger partial charge is 0.337 e. The summed E-state index contributed by atoms with van der Waals surface area (Å²) in [6.45, 7) is 7.47. The SMILES string of the molecule is COC1N=CC(c2cccc(-c3nc4cc(C)c([C@H](OC(C)(C)C)C(=O)O)c(-c5ccc(Cl)cc5)c4s3)c2)=CN1. The number of carboxylic acids is 1. The van der Waals surface area contributed by atoms with Crippen LogP contribution in [0.1, 0.15) is 43.6 Å². The Bertz CT molecular complexity index is 1640. The van der Waals surface area contributed by atoms with Gasteiger partial charge in [-0.05, 0) is 68.7 Å². The summed E-state index contributed by atoms with van der Waals surface area (Å²) in [7, 11) is 1.60. The van der Waals surface area contributed by atoms with Crippen LogP contribution in [0.3, 0.4) is 0 Å². The van der Waals surface area contributed by atoms with Crippen molar-refractivity contribution >= 4 is 50.9 Å². The first-order chi connectivity index (χ1) is 19.0. The van der Waals surface area contributed by atoms with Gasteiger partial charge < -0.3 is 19.9 Å². The summed E-state index contributed by atoms with van der Waals surface area (Å²) in [6, 6.07) is 17.5. The molecule has 9 heteroatoms. The number of aromatic nitrogens is 1. The minimum atomic E-state index is -1.16. The molecule has 1 aliphatic rings. The van der Waals surface area contributed by atoms with Crippen LogP contribution in [0.25, 0.3) is 37.5 Å². The van der Waals surface area contributed by atoms with E-state index in [-0.39, 0.29) is 0 Å². The fourth-order valence-electron chi connectivity index (χ4n) is 4.67. The average molecular weight is 576 g/mol. The number of nitrogens with zero attached hydrogens (tertiary/aromatic N) is 2. The lowest BCUT2D eigenvalue weighted by Crippen LogP contribution is -2.28. The van der Waals surface area contributed by atoms with Gasteiger partial charge in [0.2, 0.25) is 6.35 Å². The zero-order valence-electron chi connectivity index (χ0n) is 22.9. The number of fused-ring (bicyclic) bond motifs is 1. The highest BCUT2D eigenvalue weighted by molar-refractivity contribution is 7.22. The average Bonchev–Trinajstić information content (AvgIpc) is 3.35. The molecular formula is C31H30ClN3O4S. The summed E-state index contributed by atoms with van der Waals surface area (Å²) in [5, 5.41) is 14.8. The second kappa shape index (κ2) is 11.1. The fraction of sp³-hybridized carbons (Fsp3) is 0.258. The molecule has 3 aromatic carbocycles. The van der Waals surface area contributed by atoms with Crippen molar-refractivity contribution in [3.8, 4) is 21.7 Å². The third kappa shape index (κ3) is 5.81. The van der Waals surface area contributed by atoms with Crippen LogP contribution in [0.15, 0.2) is 65.8 Å². The van der Waals surface area contributed by atoms with Gasteiger partial charge in [-0.2, -0.15) is 0 Å². The highest BCUT2D eigenvalue weighted by Gasteiger charge is 2.32. The van der Waals surface area contributed by atoms with Crippen molar-refractivity contribution < 1.29 is 19.4 Å². The third-order valence-electron chi connectivity index (χ3n) is 6.42. The number of carboxylic acid groups (broad SMARTS) is 1. The number of hydrogen-bond donors (Lipinski definition) is 2. The van der Waals surface area contributed by atoms with Crippen molar-refractivity contribution in [2.24, 2.45) is 4.99 Å². The molecule has 2 N–H and O–H groups in total. The van der Waals surface area contributed by atoms with Gasteiger partial charge >= 0.3 is 5.97 Å². The van der Waals surface area contributed by atoms with E-state index in [1.807, 2.05) is 82.4 Å². The largest absolute Gasteiger partial charge is 0.479 e. The molecule has 0 radical (unpaired) electrons. The molecule has 0 saturated carbocycles. The number of allylic oxidation sites excluding steroid dienone is 1. The number of halogens is 1. The van der Waals surface area contributed by atoms with Crippen LogP contribution < -0.4 is 5.32 Å². The van der Waals surface area contributed by atoms with Crippen molar-refractivity contribution in [1.29, 1.82) is 0 Å². The van der Waals surface area contributed by atoms with Crippen molar-refractivity contribution in [2.45, 2.75) is 45.8 Å². The molecule has 0 amide bonds. The zero-order valence-corrected chi connectivity index (χ0v) is 24.4. The number of nitrogens with one attached hydrogen (secondary N) is 1. The van der Waals surface area contributed by atoms with Crippen molar-refractivity contribution in [1.82, 2.24) is 10.3 Å². The van der Waals surface area contributed by atoms with Crippen LogP contribution in [-0.2, 0) is 14.3 Å². The van der Waals surface area contributed by atoms with E-state index in [4.69, 9.17) is 26.1 Å². The van der Waals surface area contributed by atoms with E-state index < -0.39 is 24.0 Å². The van der Waals surface area contributed by atoms with Gasteiger partial charge in [0.25, 0.3) is 0 Å². The van der Waals surface area contributed by atoms with Gasteiger partial charge in [0, 0.05) is 46.8 Å². The van der Waals surface area contributed by atoms with Crippen LogP contribution in [-0.4, -0.2) is 41.3 Å². The van der Waals surface area contributed by atoms with Crippen molar-refractivity contribution in [3.05, 3.63) is 82.5 Å². The number of aliphatic imine (C=N–C) groups is 1. The molecule has 40 heavy (non-hydrogen) atoms. The lowest BCUT2D eigenvalue weighted by molar-refractivity contribution is -0.160. The number of benzene rings is 3. The Balaban J connectivity index is 1.68. The van der Waals surface area contributed by atoms with E-state index in [2.05, 4.69) is 16.4 Å². The maximum Gasteiger partial charge on any atom is 0.337 e. The predicted octanol–water partition coefficient (Wildman–Crippen LogP) is 7.48. The molecule has 0 bridgehead atoms. The van der Waals surface area contributed by atoms with E-state index in [0.29, 0.717) is 10.6 Å². The Hall–Kier alpha value is -3.56. The van der Waals surface area contributed by atoms with E-state index in [1.54, 1.807) is 13.3 Å². The number of thiazole rings is 1. The van der Waals surface area contributed by atoms with Gasteiger partial charge in [0.15, 0.2) is 6.10 Å². The molecule has 1 unspecified atom stereocenters. The standard InChI is InChI=1S/C31H30ClN3O4S/c1-17-13-23-27(25(18-9-11-22(32)12-10-18)24(17)26(29(36)37)39-31(2,3)4)40-28(35-23)20-8-6-7-19(14-20)21-15-33-30(38-5)34-16-21/h6-16,26,30,33H,1-5H3,(H,36,37)/t26-,30?/m0/s1. The van der Waals surface area contributed by atoms with Gasteiger partial charge in [0.1, 0.15) is 5.01 Å². The van der Waals surface area contributed by atoms with Gasteiger partial charge in [-0.3, -0.25) is 0 Å². The maximum atomic E-state index is 12.6. The highest BCUT2D eigenvalue weighted by atomic mass is 35.5. The van der Waals surface area contributed by atoms with Gasteiger partial charge in [-0.15, -0.1) is 11.3 Å². The minimum Gasteiger partial charge on any atom is -0.479 e. The fourth-order valence-corrected chi connectivity index (χ4v) is 5.92. The topological polar surface area (TPSA) is 93.0 Å². The van der Waals surface area contributed by atoms with Gasteiger partial charge in [-0.1, -0.05) is 41.9 Å². The molecule has 4 aromatic rings. The lowest BCUT2D eigenvalue weighted by Gasteiger charge is -2.28. The summed E-state index contributed by atoms with van der Waals surface area (Å²) in [5.41, 5.74) is 6.04.